The molecule has 5 nitrogen and oxygen atoms in total. The van der Waals surface area contributed by atoms with Gasteiger partial charge in [0.25, 0.3) is 0 Å². The Balaban J connectivity index is 1.45. The summed E-state index contributed by atoms with van der Waals surface area (Å²) in [5.41, 5.74) is 2.12. The van der Waals surface area contributed by atoms with E-state index in [-0.39, 0.29) is 12.6 Å². The molecule has 0 bridgehead atoms. The van der Waals surface area contributed by atoms with Crippen LogP contribution >= 0.6 is 0 Å². The summed E-state index contributed by atoms with van der Waals surface area (Å²) in [7, 11) is 0. The molecule has 5 heteroatoms. The fourth-order valence-corrected chi connectivity index (χ4v) is 3.70. The zero-order valence-electron chi connectivity index (χ0n) is 18.9. The van der Waals surface area contributed by atoms with Crippen molar-refractivity contribution in [2.24, 2.45) is 0 Å². The summed E-state index contributed by atoms with van der Waals surface area (Å²) in [5.74, 6) is -0.325. The number of esters is 1. The van der Waals surface area contributed by atoms with E-state index in [0.717, 1.165) is 23.8 Å². The molecule has 0 atom stereocenters. The lowest BCUT2D eigenvalue weighted by molar-refractivity contribution is 0.0498. The lowest BCUT2D eigenvalue weighted by atomic mass is 10.1. The third-order valence-electron chi connectivity index (χ3n) is 5.56. The number of unbranched alkanes of at least 4 members (excludes halogenated alkanes) is 7. The van der Waals surface area contributed by atoms with Crippen molar-refractivity contribution in [2.45, 2.75) is 64.9 Å². The van der Waals surface area contributed by atoms with Gasteiger partial charge in [0.15, 0.2) is 0 Å². The SMILES string of the molecule is CCCCCCCCCCOC(=O)c1ccc2c(ccn2C(=O)OCc2ccccc2)c1. The number of hydrogen-bond acceptors (Lipinski definition) is 4. The molecule has 3 rings (SSSR count). The average Bonchev–Trinajstić information content (AvgIpc) is 3.25. The van der Waals surface area contributed by atoms with Crippen LogP contribution in [0.2, 0.25) is 0 Å². The standard InChI is InChI=1S/C27H33NO4/c1-2-3-4-5-6-7-8-12-19-31-26(29)24-15-16-25-23(20-24)17-18-28(25)27(30)32-21-22-13-10-9-11-14-22/h9-11,13-18,20H,2-8,12,19,21H2,1H3. The van der Waals surface area contributed by atoms with Crippen LogP contribution in [0.5, 0.6) is 0 Å². The van der Waals surface area contributed by atoms with Crippen molar-refractivity contribution < 1.29 is 19.1 Å². The molecule has 0 radical (unpaired) electrons. The van der Waals surface area contributed by atoms with Crippen LogP contribution in [0.15, 0.2) is 60.8 Å². The van der Waals surface area contributed by atoms with E-state index in [1.165, 1.54) is 43.1 Å². The zero-order chi connectivity index (χ0) is 22.6. The van der Waals surface area contributed by atoms with Crippen LogP contribution in [0.25, 0.3) is 10.9 Å². The Labute approximate surface area is 190 Å². The van der Waals surface area contributed by atoms with Gasteiger partial charge in [0.05, 0.1) is 17.7 Å². The first-order valence-corrected chi connectivity index (χ1v) is 11.7. The van der Waals surface area contributed by atoms with Crippen molar-refractivity contribution in [3.63, 3.8) is 0 Å². The molecule has 0 N–H and O–H groups in total. The molecule has 0 aliphatic heterocycles. The van der Waals surface area contributed by atoms with Crippen LogP contribution in [-0.4, -0.2) is 23.2 Å². The fraction of sp³-hybridized carbons (Fsp3) is 0.407. The third kappa shape index (κ3) is 6.98. The van der Waals surface area contributed by atoms with Crippen LogP contribution in [0.3, 0.4) is 0 Å². The number of benzene rings is 2. The Hall–Kier alpha value is -3.08. The summed E-state index contributed by atoms with van der Waals surface area (Å²) in [6.07, 6.45) is 10.9. The van der Waals surface area contributed by atoms with E-state index in [1.807, 2.05) is 30.3 Å². The second-order valence-corrected chi connectivity index (χ2v) is 8.11. The zero-order valence-corrected chi connectivity index (χ0v) is 18.9. The highest BCUT2D eigenvalue weighted by Gasteiger charge is 2.13. The summed E-state index contributed by atoms with van der Waals surface area (Å²) >= 11 is 0. The first-order chi connectivity index (χ1) is 15.7. The summed E-state index contributed by atoms with van der Waals surface area (Å²) in [6.45, 7) is 2.88. The van der Waals surface area contributed by atoms with E-state index in [2.05, 4.69) is 6.92 Å². The number of hydrogen-bond donors (Lipinski definition) is 0. The minimum Gasteiger partial charge on any atom is -0.462 e. The van der Waals surface area contributed by atoms with E-state index < -0.39 is 6.09 Å². The van der Waals surface area contributed by atoms with Gasteiger partial charge in [-0.1, -0.05) is 82.2 Å². The van der Waals surface area contributed by atoms with Crippen molar-refractivity contribution in [3.05, 3.63) is 71.9 Å². The first kappa shape index (κ1) is 23.6. The molecule has 0 amide bonds. The Morgan fingerprint density at radius 3 is 2.28 bits per heavy atom. The smallest absolute Gasteiger partial charge is 0.418 e. The van der Waals surface area contributed by atoms with Gasteiger partial charge in [-0.05, 0) is 36.2 Å². The van der Waals surface area contributed by atoms with Crippen molar-refractivity contribution >= 4 is 23.0 Å². The van der Waals surface area contributed by atoms with Gasteiger partial charge in [-0.2, -0.15) is 0 Å². The van der Waals surface area contributed by atoms with E-state index in [1.54, 1.807) is 30.5 Å². The van der Waals surface area contributed by atoms with Crippen LogP contribution in [-0.2, 0) is 16.1 Å². The summed E-state index contributed by atoms with van der Waals surface area (Å²) in [6, 6.07) is 16.6. The number of carbonyl (C=O) groups is 2. The van der Waals surface area contributed by atoms with E-state index in [0.29, 0.717) is 17.7 Å². The first-order valence-electron chi connectivity index (χ1n) is 11.7. The predicted molar refractivity (Wildman–Crippen MR) is 127 cm³/mol. The Morgan fingerprint density at radius 1 is 0.812 bits per heavy atom. The van der Waals surface area contributed by atoms with E-state index in [4.69, 9.17) is 9.47 Å². The van der Waals surface area contributed by atoms with Crippen molar-refractivity contribution in [1.29, 1.82) is 0 Å². The maximum Gasteiger partial charge on any atom is 0.418 e. The van der Waals surface area contributed by atoms with Gasteiger partial charge in [0.2, 0.25) is 0 Å². The second kappa shape index (κ2) is 12.7. The minimum atomic E-state index is -0.450. The normalized spacial score (nSPS) is 10.9. The molecule has 2 aromatic carbocycles. The minimum absolute atomic E-state index is 0.211. The molecule has 1 heterocycles. The number of aromatic nitrogens is 1. The van der Waals surface area contributed by atoms with Gasteiger partial charge in [0.1, 0.15) is 6.61 Å². The van der Waals surface area contributed by atoms with Crippen molar-refractivity contribution in [2.75, 3.05) is 6.61 Å². The maximum absolute atomic E-state index is 12.5. The highest BCUT2D eigenvalue weighted by atomic mass is 16.5. The second-order valence-electron chi connectivity index (χ2n) is 8.11. The van der Waals surface area contributed by atoms with Gasteiger partial charge < -0.3 is 9.47 Å². The number of ether oxygens (including phenoxy) is 2. The Bertz CT molecular complexity index is 993. The molecule has 0 saturated carbocycles. The number of carbonyl (C=O) groups excluding carboxylic acids is 2. The van der Waals surface area contributed by atoms with Gasteiger partial charge in [-0.15, -0.1) is 0 Å². The van der Waals surface area contributed by atoms with Crippen molar-refractivity contribution in [1.82, 2.24) is 4.57 Å². The quantitative estimate of drug-likeness (QED) is 0.224. The molecule has 0 aliphatic carbocycles. The molecule has 32 heavy (non-hydrogen) atoms. The monoisotopic (exact) mass is 435 g/mol. The molecule has 3 aromatic rings. The largest absolute Gasteiger partial charge is 0.462 e. The maximum atomic E-state index is 12.5. The van der Waals surface area contributed by atoms with Gasteiger partial charge in [-0.25, -0.2) is 9.59 Å². The fourth-order valence-electron chi connectivity index (χ4n) is 3.70. The molecular formula is C27H33NO4. The highest BCUT2D eigenvalue weighted by Crippen LogP contribution is 2.19. The highest BCUT2D eigenvalue weighted by molar-refractivity contribution is 5.97. The average molecular weight is 436 g/mol. The van der Waals surface area contributed by atoms with Gasteiger partial charge in [0, 0.05) is 11.6 Å². The summed E-state index contributed by atoms with van der Waals surface area (Å²) in [4.78, 5) is 24.8. The van der Waals surface area contributed by atoms with Gasteiger partial charge in [-0.3, -0.25) is 4.57 Å². The van der Waals surface area contributed by atoms with Crippen molar-refractivity contribution in [3.8, 4) is 0 Å². The van der Waals surface area contributed by atoms with Crippen LogP contribution in [0.4, 0.5) is 4.79 Å². The van der Waals surface area contributed by atoms with E-state index >= 15 is 0 Å². The van der Waals surface area contributed by atoms with Crippen LogP contribution in [0, 0.1) is 0 Å². The predicted octanol–water partition coefficient (Wildman–Crippen LogP) is 7.12. The molecule has 0 spiro atoms. The van der Waals surface area contributed by atoms with Crippen LogP contribution in [0.1, 0.15) is 74.2 Å². The van der Waals surface area contributed by atoms with E-state index in [9.17, 15) is 9.59 Å². The lowest BCUT2D eigenvalue weighted by Gasteiger charge is -2.08. The molecule has 0 aliphatic rings. The molecule has 170 valence electrons. The number of rotatable bonds is 12. The van der Waals surface area contributed by atoms with Crippen LogP contribution < -0.4 is 0 Å². The number of nitrogens with zero attached hydrogens (tertiary/aromatic N) is 1. The third-order valence-corrected chi connectivity index (χ3v) is 5.56. The summed E-state index contributed by atoms with van der Waals surface area (Å²) < 4.78 is 12.3. The molecule has 1 aromatic heterocycles. The summed E-state index contributed by atoms with van der Waals surface area (Å²) in [5, 5.41) is 0.795. The molecule has 0 unspecified atom stereocenters. The number of fused-ring (bicyclic) bond motifs is 1. The molecular weight excluding hydrogens is 402 g/mol. The lowest BCUT2D eigenvalue weighted by Crippen LogP contribution is -2.12. The topological polar surface area (TPSA) is 57.5 Å². The Morgan fingerprint density at radius 2 is 1.53 bits per heavy atom. The van der Waals surface area contributed by atoms with Gasteiger partial charge >= 0.3 is 12.1 Å². The molecule has 0 fully saturated rings. The molecule has 0 saturated heterocycles. The Kier molecular flexibility index (Phi) is 9.36.